The van der Waals surface area contributed by atoms with Crippen molar-refractivity contribution in [3.63, 3.8) is 0 Å². The van der Waals surface area contributed by atoms with Gasteiger partial charge >= 0.3 is 5.97 Å². The summed E-state index contributed by atoms with van der Waals surface area (Å²) in [7, 11) is 1.52. The molecule has 0 radical (unpaired) electrons. The second-order valence-electron chi connectivity index (χ2n) is 5.01. The quantitative estimate of drug-likeness (QED) is 0.874. The van der Waals surface area contributed by atoms with Crippen molar-refractivity contribution in [1.29, 1.82) is 0 Å². The Morgan fingerprint density at radius 1 is 1.47 bits per heavy atom. The predicted octanol–water partition coefficient (Wildman–Crippen LogP) is 1.51. The van der Waals surface area contributed by atoms with Gasteiger partial charge in [-0.15, -0.1) is 0 Å². The van der Waals surface area contributed by atoms with Crippen LogP contribution in [-0.2, 0) is 6.54 Å². The van der Waals surface area contributed by atoms with E-state index in [1.807, 2.05) is 0 Å². The maximum Gasteiger partial charge on any atom is 0.357 e. The van der Waals surface area contributed by atoms with Crippen molar-refractivity contribution in [1.82, 2.24) is 9.78 Å². The molecule has 0 bridgehead atoms. The smallest absolute Gasteiger partial charge is 0.357 e. The molecule has 0 saturated heterocycles. The van der Waals surface area contributed by atoms with Crippen molar-refractivity contribution in [2.75, 3.05) is 7.11 Å². The van der Waals surface area contributed by atoms with E-state index in [-0.39, 0.29) is 12.2 Å². The zero-order valence-electron chi connectivity index (χ0n) is 11.0. The number of benzene rings is 1. The van der Waals surface area contributed by atoms with E-state index in [9.17, 15) is 15.0 Å². The molecule has 0 amide bonds. The Hall–Kier alpha value is -2.08. The summed E-state index contributed by atoms with van der Waals surface area (Å²) in [4.78, 5) is 11.2. The molecule has 0 fully saturated rings. The van der Waals surface area contributed by atoms with Crippen molar-refractivity contribution >= 4 is 16.9 Å². The standard InChI is InChI=1S/C13H16N2O4/c1-13(2,18)7-15-10-5-4-8(19-3)6-9(10)11(14-15)12(16)17/h4-6,18H,7H2,1-3H3,(H,16,17). The molecule has 0 spiro atoms. The molecular weight excluding hydrogens is 248 g/mol. The summed E-state index contributed by atoms with van der Waals surface area (Å²) in [5.74, 6) is -0.537. The molecule has 2 rings (SSSR count). The minimum Gasteiger partial charge on any atom is -0.497 e. The summed E-state index contributed by atoms with van der Waals surface area (Å²) in [6, 6.07) is 5.10. The van der Waals surface area contributed by atoms with Crippen molar-refractivity contribution < 1.29 is 19.7 Å². The monoisotopic (exact) mass is 264 g/mol. The van der Waals surface area contributed by atoms with Crippen LogP contribution >= 0.6 is 0 Å². The Morgan fingerprint density at radius 2 is 2.16 bits per heavy atom. The Bertz CT molecular complexity index is 625. The molecule has 1 heterocycles. The first-order chi connectivity index (χ1) is 8.81. The summed E-state index contributed by atoms with van der Waals surface area (Å²) in [5.41, 5.74) is -0.368. The van der Waals surface area contributed by atoms with Crippen LogP contribution in [0.1, 0.15) is 24.3 Å². The predicted molar refractivity (Wildman–Crippen MR) is 69.5 cm³/mol. The fraction of sp³-hybridized carbons (Fsp3) is 0.385. The van der Waals surface area contributed by atoms with Crippen LogP contribution in [0.15, 0.2) is 18.2 Å². The van der Waals surface area contributed by atoms with Crippen molar-refractivity contribution in [2.24, 2.45) is 0 Å². The molecule has 0 aliphatic carbocycles. The summed E-state index contributed by atoms with van der Waals surface area (Å²) in [6.45, 7) is 3.50. The summed E-state index contributed by atoms with van der Waals surface area (Å²) in [5, 5.41) is 23.6. The van der Waals surface area contributed by atoms with Crippen LogP contribution in [0.3, 0.4) is 0 Å². The number of hydrogen-bond donors (Lipinski definition) is 2. The van der Waals surface area contributed by atoms with E-state index in [2.05, 4.69) is 5.10 Å². The lowest BCUT2D eigenvalue weighted by molar-refractivity contribution is 0.0576. The van der Waals surface area contributed by atoms with Gasteiger partial charge < -0.3 is 14.9 Å². The van der Waals surface area contributed by atoms with Gasteiger partial charge in [-0.1, -0.05) is 0 Å². The molecule has 0 saturated carbocycles. The van der Waals surface area contributed by atoms with E-state index in [0.29, 0.717) is 16.7 Å². The summed E-state index contributed by atoms with van der Waals surface area (Å²) < 4.78 is 6.59. The highest BCUT2D eigenvalue weighted by Crippen LogP contribution is 2.25. The van der Waals surface area contributed by atoms with Gasteiger partial charge in [0, 0.05) is 5.39 Å². The number of carboxylic acids is 1. The first kappa shape index (κ1) is 13.4. The van der Waals surface area contributed by atoms with Gasteiger partial charge in [0.1, 0.15) is 5.75 Å². The van der Waals surface area contributed by atoms with Gasteiger partial charge in [-0.2, -0.15) is 5.10 Å². The van der Waals surface area contributed by atoms with E-state index < -0.39 is 11.6 Å². The average Bonchev–Trinajstić information content (AvgIpc) is 2.65. The molecule has 102 valence electrons. The Balaban J connectivity index is 2.63. The zero-order chi connectivity index (χ0) is 14.2. The van der Waals surface area contributed by atoms with Gasteiger partial charge in [0.05, 0.1) is 24.8 Å². The number of carbonyl (C=O) groups is 1. The Labute approximate surface area is 110 Å². The molecule has 2 N–H and O–H groups in total. The number of fused-ring (bicyclic) bond motifs is 1. The van der Waals surface area contributed by atoms with Gasteiger partial charge in [0.15, 0.2) is 5.69 Å². The molecule has 6 heteroatoms. The Kier molecular flexibility index (Phi) is 3.20. The summed E-state index contributed by atoms with van der Waals surface area (Å²) >= 11 is 0. The van der Waals surface area contributed by atoms with Crippen LogP contribution in [0, 0.1) is 0 Å². The van der Waals surface area contributed by atoms with E-state index >= 15 is 0 Å². The number of aliphatic hydroxyl groups is 1. The molecular formula is C13H16N2O4. The molecule has 6 nitrogen and oxygen atoms in total. The van der Waals surface area contributed by atoms with Gasteiger partial charge in [0.25, 0.3) is 0 Å². The number of carboxylic acid groups (broad SMARTS) is 1. The highest BCUT2D eigenvalue weighted by atomic mass is 16.5. The second kappa shape index (κ2) is 4.55. The number of methoxy groups -OCH3 is 1. The van der Waals surface area contributed by atoms with Crippen LogP contribution in [0.25, 0.3) is 10.9 Å². The third-order valence-electron chi connectivity index (χ3n) is 2.70. The topological polar surface area (TPSA) is 84.6 Å². The van der Waals surface area contributed by atoms with Crippen LogP contribution in [0.4, 0.5) is 0 Å². The lowest BCUT2D eigenvalue weighted by Gasteiger charge is -2.17. The number of hydrogen-bond acceptors (Lipinski definition) is 4. The number of aromatic nitrogens is 2. The fourth-order valence-corrected chi connectivity index (χ4v) is 1.93. The third-order valence-corrected chi connectivity index (χ3v) is 2.70. The van der Waals surface area contributed by atoms with E-state index in [0.717, 1.165) is 0 Å². The lowest BCUT2D eigenvalue weighted by Crippen LogP contribution is -2.26. The van der Waals surface area contributed by atoms with Gasteiger partial charge in [-0.05, 0) is 32.0 Å². The molecule has 1 aromatic heterocycles. The first-order valence-electron chi connectivity index (χ1n) is 5.82. The minimum absolute atomic E-state index is 0.0434. The highest BCUT2D eigenvalue weighted by molar-refractivity contribution is 6.01. The van der Waals surface area contributed by atoms with Crippen LogP contribution in [-0.4, -0.2) is 38.7 Å². The molecule has 0 unspecified atom stereocenters. The molecule has 19 heavy (non-hydrogen) atoms. The van der Waals surface area contributed by atoms with Gasteiger partial charge in [0.2, 0.25) is 0 Å². The van der Waals surface area contributed by atoms with Crippen LogP contribution < -0.4 is 4.74 Å². The van der Waals surface area contributed by atoms with Crippen molar-refractivity contribution in [3.8, 4) is 5.75 Å². The number of nitrogens with zero attached hydrogens (tertiary/aromatic N) is 2. The van der Waals surface area contributed by atoms with E-state index in [4.69, 9.17) is 4.74 Å². The highest BCUT2D eigenvalue weighted by Gasteiger charge is 2.21. The molecule has 0 aliphatic rings. The second-order valence-corrected chi connectivity index (χ2v) is 5.01. The third kappa shape index (κ3) is 2.68. The Morgan fingerprint density at radius 3 is 2.68 bits per heavy atom. The number of rotatable bonds is 4. The number of aromatic carboxylic acids is 1. The molecule has 1 aromatic carbocycles. The normalized spacial score (nSPS) is 11.8. The van der Waals surface area contributed by atoms with Gasteiger partial charge in [-0.3, -0.25) is 4.68 Å². The van der Waals surface area contributed by atoms with E-state index in [1.165, 1.54) is 11.8 Å². The van der Waals surface area contributed by atoms with E-state index in [1.54, 1.807) is 32.0 Å². The van der Waals surface area contributed by atoms with Crippen LogP contribution in [0.5, 0.6) is 5.75 Å². The maximum absolute atomic E-state index is 11.2. The lowest BCUT2D eigenvalue weighted by atomic mass is 10.1. The molecule has 0 atom stereocenters. The molecule has 0 aliphatic heterocycles. The number of ether oxygens (including phenoxy) is 1. The van der Waals surface area contributed by atoms with Crippen molar-refractivity contribution in [2.45, 2.75) is 26.0 Å². The zero-order valence-corrected chi connectivity index (χ0v) is 11.0. The largest absolute Gasteiger partial charge is 0.497 e. The SMILES string of the molecule is COc1ccc2c(c1)c(C(=O)O)nn2CC(C)(C)O. The fourth-order valence-electron chi connectivity index (χ4n) is 1.93. The minimum atomic E-state index is -1.10. The maximum atomic E-state index is 11.2. The van der Waals surface area contributed by atoms with Crippen molar-refractivity contribution in [3.05, 3.63) is 23.9 Å². The molecule has 2 aromatic rings. The summed E-state index contributed by atoms with van der Waals surface area (Å²) in [6.07, 6.45) is 0. The first-order valence-corrected chi connectivity index (χ1v) is 5.82. The average molecular weight is 264 g/mol. The van der Waals surface area contributed by atoms with Crippen LogP contribution in [0.2, 0.25) is 0 Å². The van der Waals surface area contributed by atoms with Gasteiger partial charge in [-0.25, -0.2) is 4.79 Å².